The summed E-state index contributed by atoms with van der Waals surface area (Å²) in [5.41, 5.74) is 1.55. The fraction of sp³-hybridized carbons (Fsp3) is 0.812. The van der Waals surface area contributed by atoms with Gasteiger partial charge in [-0.15, -0.1) is 0 Å². The van der Waals surface area contributed by atoms with Crippen LogP contribution in [0.2, 0.25) is 0 Å². The number of hydrogen-bond donors (Lipinski definition) is 1. The van der Waals surface area contributed by atoms with Crippen LogP contribution in [0.5, 0.6) is 0 Å². The minimum absolute atomic E-state index is 0.0270. The molecule has 206 valence electrons. The zero-order chi connectivity index (χ0) is 27.3. The summed E-state index contributed by atoms with van der Waals surface area (Å²) >= 11 is 0. The van der Waals surface area contributed by atoms with Gasteiger partial charge in [-0.05, 0) is 85.7 Å². The molecule has 4 aliphatic carbocycles. The lowest BCUT2D eigenvalue weighted by Crippen LogP contribution is -2.61. The van der Waals surface area contributed by atoms with E-state index < -0.39 is 17.7 Å². The Morgan fingerprint density at radius 1 is 1.19 bits per heavy atom. The Hall–Kier alpha value is -1.46. The molecular weight excluding hydrogens is 464 g/mol. The van der Waals surface area contributed by atoms with E-state index in [0.717, 1.165) is 32.1 Å². The second kappa shape index (κ2) is 8.27. The minimum Gasteiger partial charge on any atom is -0.457 e. The molecule has 5 heteroatoms. The number of carbonyl (C=O) groups is 2. The van der Waals surface area contributed by atoms with Gasteiger partial charge < -0.3 is 14.6 Å². The SMILES string of the molecule is CC(=O)O[C@H]([C@@H]1C[C@@H](C)C2=C3C=C[C@H]4[C@@]5(C)CCC(=O)C(C)(C)C5CC[C@]4(C)[C@@]3(C)C[C@H]2O1)C(C)(C)O. The van der Waals surface area contributed by atoms with Crippen LogP contribution >= 0.6 is 0 Å². The molecule has 0 amide bonds. The van der Waals surface area contributed by atoms with E-state index in [4.69, 9.17) is 9.47 Å². The van der Waals surface area contributed by atoms with Crippen LogP contribution in [0.15, 0.2) is 23.3 Å². The van der Waals surface area contributed by atoms with Crippen molar-refractivity contribution in [2.75, 3.05) is 0 Å². The van der Waals surface area contributed by atoms with Gasteiger partial charge >= 0.3 is 5.97 Å². The lowest BCUT2D eigenvalue weighted by atomic mass is 9.37. The summed E-state index contributed by atoms with van der Waals surface area (Å²) in [6, 6.07) is 0. The molecule has 1 saturated heterocycles. The highest BCUT2D eigenvalue weighted by molar-refractivity contribution is 5.85. The van der Waals surface area contributed by atoms with E-state index in [1.54, 1.807) is 13.8 Å². The molecule has 0 bridgehead atoms. The molecule has 0 aromatic heterocycles. The van der Waals surface area contributed by atoms with E-state index in [1.807, 2.05) is 0 Å². The molecule has 5 rings (SSSR count). The van der Waals surface area contributed by atoms with E-state index >= 15 is 0 Å². The van der Waals surface area contributed by atoms with Crippen LogP contribution in [0.1, 0.15) is 101 Å². The van der Waals surface area contributed by atoms with Crippen LogP contribution < -0.4 is 0 Å². The number of aliphatic hydroxyl groups is 1. The minimum atomic E-state index is -1.19. The van der Waals surface area contributed by atoms with Gasteiger partial charge in [-0.2, -0.15) is 0 Å². The van der Waals surface area contributed by atoms with E-state index in [0.29, 0.717) is 24.0 Å². The second-order valence-corrected chi connectivity index (χ2v) is 14.9. The van der Waals surface area contributed by atoms with Gasteiger partial charge in [0.05, 0.1) is 17.8 Å². The van der Waals surface area contributed by atoms with Gasteiger partial charge in [-0.3, -0.25) is 9.59 Å². The summed E-state index contributed by atoms with van der Waals surface area (Å²) in [6.07, 6.45) is 9.32. The third-order valence-corrected chi connectivity index (χ3v) is 12.0. The molecule has 0 aromatic carbocycles. The Kier molecular flexibility index (Phi) is 6.06. The van der Waals surface area contributed by atoms with Crippen molar-refractivity contribution in [1.82, 2.24) is 0 Å². The molecule has 5 aliphatic rings. The van der Waals surface area contributed by atoms with Crippen molar-refractivity contribution < 1.29 is 24.2 Å². The monoisotopic (exact) mass is 512 g/mol. The molecule has 1 heterocycles. The molecule has 0 radical (unpaired) electrons. The number of esters is 1. The molecule has 2 saturated carbocycles. The second-order valence-electron chi connectivity index (χ2n) is 14.9. The number of rotatable bonds is 3. The van der Waals surface area contributed by atoms with Gasteiger partial charge in [-0.1, -0.05) is 53.7 Å². The fourth-order valence-corrected chi connectivity index (χ4v) is 9.93. The first-order chi connectivity index (χ1) is 17.0. The smallest absolute Gasteiger partial charge is 0.303 e. The van der Waals surface area contributed by atoms with E-state index in [1.165, 1.54) is 18.1 Å². The maximum Gasteiger partial charge on any atom is 0.303 e. The van der Waals surface area contributed by atoms with Crippen molar-refractivity contribution in [1.29, 1.82) is 0 Å². The zero-order valence-corrected chi connectivity index (χ0v) is 24.4. The first kappa shape index (κ1) is 27.1. The van der Waals surface area contributed by atoms with Crippen LogP contribution in [0.4, 0.5) is 0 Å². The van der Waals surface area contributed by atoms with Crippen LogP contribution in [-0.4, -0.2) is 40.8 Å². The fourth-order valence-electron chi connectivity index (χ4n) is 9.93. The third kappa shape index (κ3) is 3.69. The van der Waals surface area contributed by atoms with E-state index in [-0.39, 0.29) is 39.8 Å². The largest absolute Gasteiger partial charge is 0.457 e. The van der Waals surface area contributed by atoms with Crippen LogP contribution in [0.25, 0.3) is 0 Å². The zero-order valence-electron chi connectivity index (χ0n) is 24.4. The number of Topliss-reactive ketones (excluding diaryl/α,β-unsaturated/α-hetero) is 1. The summed E-state index contributed by atoms with van der Waals surface area (Å²) in [7, 11) is 0. The van der Waals surface area contributed by atoms with Crippen LogP contribution in [0, 0.1) is 39.4 Å². The average molecular weight is 513 g/mol. The van der Waals surface area contributed by atoms with Gasteiger partial charge in [0, 0.05) is 24.2 Å². The normalized spacial score (nSPS) is 45.5. The van der Waals surface area contributed by atoms with Gasteiger partial charge in [-0.25, -0.2) is 0 Å². The summed E-state index contributed by atoms with van der Waals surface area (Å²) < 4.78 is 12.4. The van der Waals surface area contributed by atoms with Gasteiger partial charge in [0.25, 0.3) is 0 Å². The molecule has 37 heavy (non-hydrogen) atoms. The topological polar surface area (TPSA) is 72.8 Å². The lowest BCUT2D eigenvalue weighted by molar-refractivity contribution is -0.193. The number of fused-ring (bicyclic) bond motifs is 6. The standard InChI is InChI=1S/C32H48O5/c1-18-16-21(27(29(5,6)35)36-19(2)33)37-22-17-32(9)20(26(18)22)10-11-24-30(7)14-13-25(34)28(3,4)23(30)12-15-31(24,32)8/h10-11,18,21-24,27,35H,12-17H2,1-9H3/t18-,21+,22-,23?,24+,27-,30+,31+,32+/m1/s1. The number of carbonyl (C=O) groups excluding carboxylic acids is 2. The quantitative estimate of drug-likeness (QED) is 0.457. The molecule has 1 aliphatic heterocycles. The number of ketones is 1. The van der Waals surface area contributed by atoms with Gasteiger partial charge in [0.15, 0.2) is 6.10 Å². The Morgan fingerprint density at radius 2 is 1.86 bits per heavy atom. The molecule has 1 unspecified atom stereocenters. The molecule has 3 fully saturated rings. The van der Waals surface area contributed by atoms with Crippen LogP contribution in [-0.2, 0) is 19.1 Å². The molecule has 0 spiro atoms. The molecule has 5 nitrogen and oxygen atoms in total. The Labute approximate surface area is 223 Å². The summed E-state index contributed by atoms with van der Waals surface area (Å²) in [6.45, 7) is 18.8. The molecule has 0 aromatic rings. The van der Waals surface area contributed by atoms with Gasteiger partial charge in [0.2, 0.25) is 0 Å². The summed E-state index contributed by atoms with van der Waals surface area (Å²) in [5, 5.41) is 10.9. The average Bonchev–Trinajstić information content (AvgIpc) is 3.07. The van der Waals surface area contributed by atoms with Crippen molar-refractivity contribution in [3.8, 4) is 0 Å². The van der Waals surface area contributed by atoms with Crippen LogP contribution in [0.3, 0.4) is 0 Å². The number of allylic oxidation sites excluding steroid dienone is 3. The molecule has 1 N–H and O–H groups in total. The van der Waals surface area contributed by atoms with Crippen molar-refractivity contribution in [2.24, 2.45) is 39.4 Å². The lowest BCUT2D eigenvalue weighted by Gasteiger charge is -2.66. The third-order valence-electron chi connectivity index (χ3n) is 12.0. The maximum absolute atomic E-state index is 12.9. The maximum atomic E-state index is 12.9. The van der Waals surface area contributed by atoms with E-state index in [9.17, 15) is 14.7 Å². The highest BCUT2D eigenvalue weighted by Gasteiger charge is 2.67. The highest BCUT2D eigenvalue weighted by Crippen LogP contribution is 2.73. The molecule has 9 atom stereocenters. The van der Waals surface area contributed by atoms with Crippen molar-refractivity contribution in [3.63, 3.8) is 0 Å². The summed E-state index contributed by atoms with van der Waals surface area (Å²) in [5.74, 6) is 1.14. The van der Waals surface area contributed by atoms with Crippen molar-refractivity contribution in [2.45, 2.75) is 125 Å². The van der Waals surface area contributed by atoms with Crippen molar-refractivity contribution in [3.05, 3.63) is 23.3 Å². The Balaban J connectivity index is 1.50. The van der Waals surface area contributed by atoms with E-state index in [2.05, 4.69) is 53.7 Å². The highest BCUT2D eigenvalue weighted by atomic mass is 16.6. The Bertz CT molecular complexity index is 1060. The van der Waals surface area contributed by atoms with Crippen molar-refractivity contribution >= 4 is 11.8 Å². The predicted octanol–water partition coefficient (Wildman–Crippen LogP) is 6.19. The predicted molar refractivity (Wildman–Crippen MR) is 144 cm³/mol. The molecular formula is C32H48O5. The number of ether oxygens (including phenoxy) is 2. The first-order valence-electron chi connectivity index (χ1n) is 14.5. The first-order valence-corrected chi connectivity index (χ1v) is 14.5. The Morgan fingerprint density at radius 3 is 2.49 bits per heavy atom. The number of hydrogen-bond acceptors (Lipinski definition) is 5. The summed E-state index contributed by atoms with van der Waals surface area (Å²) in [4.78, 5) is 24.8. The van der Waals surface area contributed by atoms with Gasteiger partial charge in [0.1, 0.15) is 5.78 Å².